The topological polar surface area (TPSA) is 97.3 Å². The molecule has 1 fully saturated rings. The molecule has 3 aromatic carbocycles. The third kappa shape index (κ3) is 3.71. The highest BCUT2D eigenvalue weighted by Crippen LogP contribution is 2.55. The Hall–Kier alpha value is -5.12. The van der Waals surface area contributed by atoms with Crippen LogP contribution in [0.15, 0.2) is 79.1 Å². The van der Waals surface area contributed by atoms with E-state index in [0.29, 0.717) is 61.5 Å². The fourth-order valence-electron chi connectivity index (χ4n) is 6.45. The molecule has 0 bridgehead atoms. The molecule has 5 heterocycles. The monoisotopic (exact) mass is 561 g/mol. The minimum Gasteiger partial charge on any atom is -0.491 e. The Morgan fingerprint density at radius 1 is 0.810 bits per heavy atom. The minimum atomic E-state index is -0.970. The summed E-state index contributed by atoms with van der Waals surface area (Å²) in [6.45, 7) is 3.18. The Morgan fingerprint density at radius 3 is 2.43 bits per heavy atom. The van der Waals surface area contributed by atoms with Gasteiger partial charge < -0.3 is 28.9 Å². The summed E-state index contributed by atoms with van der Waals surface area (Å²) in [6.07, 6.45) is 3.45. The van der Waals surface area contributed by atoms with Crippen LogP contribution in [-0.4, -0.2) is 66.3 Å². The van der Waals surface area contributed by atoms with Crippen molar-refractivity contribution in [1.82, 2.24) is 14.9 Å². The van der Waals surface area contributed by atoms with Crippen LogP contribution in [0.5, 0.6) is 17.2 Å². The van der Waals surface area contributed by atoms with E-state index in [0.717, 1.165) is 22.4 Å². The Bertz CT molecular complexity index is 1720. The van der Waals surface area contributed by atoms with Crippen LogP contribution in [0.4, 0.5) is 11.6 Å². The number of para-hydroxylation sites is 1. The molecule has 2 amide bonds. The molecule has 10 heteroatoms. The molecule has 4 aliphatic rings. The van der Waals surface area contributed by atoms with Crippen molar-refractivity contribution in [2.45, 2.75) is 12.0 Å². The van der Waals surface area contributed by atoms with Crippen molar-refractivity contribution in [3.63, 3.8) is 0 Å². The highest BCUT2D eigenvalue weighted by Gasteiger charge is 2.57. The maximum absolute atomic E-state index is 14.4. The molecule has 4 aromatic rings. The lowest BCUT2D eigenvalue weighted by Crippen LogP contribution is -2.49. The van der Waals surface area contributed by atoms with Gasteiger partial charge in [-0.15, -0.1) is 0 Å². The van der Waals surface area contributed by atoms with Crippen LogP contribution >= 0.6 is 0 Å². The number of fused-ring (bicyclic) bond motifs is 5. The standard InChI is InChI=1S/C32H27N5O5/c38-29(35-11-13-36(14-12-35)31-33-9-4-10-34-31)22-6-3-5-21(15-22)18-37-25-8-2-1-7-23(25)32(30(37)39)19-40-26-17-28-27(16-24(26)32)41-20-42-28/h1-10,15-17H,11-14,18-20H2. The van der Waals surface area contributed by atoms with Crippen LogP contribution in [0.3, 0.4) is 0 Å². The van der Waals surface area contributed by atoms with Gasteiger partial charge in [0, 0.05) is 61.5 Å². The summed E-state index contributed by atoms with van der Waals surface area (Å²) in [7, 11) is 0. The van der Waals surface area contributed by atoms with Crippen LogP contribution < -0.4 is 24.0 Å². The molecule has 1 unspecified atom stereocenters. The molecule has 1 saturated heterocycles. The summed E-state index contributed by atoms with van der Waals surface area (Å²) < 4.78 is 17.3. The average Bonchev–Trinajstić information content (AvgIpc) is 3.73. The highest BCUT2D eigenvalue weighted by molar-refractivity contribution is 6.11. The van der Waals surface area contributed by atoms with Gasteiger partial charge in [-0.25, -0.2) is 9.97 Å². The van der Waals surface area contributed by atoms with Gasteiger partial charge in [-0.3, -0.25) is 9.59 Å². The normalized spacial score (nSPS) is 20.1. The molecule has 42 heavy (non-hydrogen) atoms. The van der Waals surface area contributed by atoms with E-state index in [2.05, 4.69) is 14.9 Å². The third-order valence-corrected chi connectivity index (χ3v) is 8.56. The van der Waals surface area contributed by atoms with Gasteiger partial charge in [-0.1, -0.05) is 30.3 Å². The lowest BCUT2D eigenvalue weighted by molar-refractivity contribution is -0.122. The molecule has 8 rings (SSSR count). The Morgan fingerprint density at radius 2 is 1.60 bits per heavy atom. The number of nitrogens with zero attached hydrogens (tertiary/aromatic N) is 5. The first kappa shape index (κ1) is 24.7. The van der Waals surface area contributed by atoms with Crippen molar-refractivity contribution in [2.75, 3.05) is 49.4 Å². The Kier molecular flexibility index (Phi) is 5.56. The van der Waals surface area contributed by atoms with E-state index in [4.69, 9.17) is 14.2 Å². The number of benzene rings is 3. The third-order valence-electron chi connectivity index (χ3n) is 8.56. The van der Waals surface area contributed by atoms with E-state index in [1.54, 1.807) is 23.4 Å². The first-order valence-corrected chi connectivity index (χ1v) is 14.0. The number of anilines is 2. The van der Waals surface area contributed by atoms with Crippen LogP contribution in [0.25, 0.3) is 0 Å². The molecular formula is C32H27N5O5. The van der Waals surface area contributed by atoms with Crippen LogP contribution in [-0.2, 0) is 16.8 Å². The Balaban J connectivity index is 1.05. The summed E-state index contributed by atoms with van der Waals surface area (Å²) >= 11 is 0. The molecule has 10 nitrogen and oxygen atoms in total. The minimum absolute atomic E-state index is 0.0238. The molecule has 4 aliphatic heterocycles. The second-order valence-electron chi connectivity index (χ2n) is 10.8. The number of rotatable bonds is 4. The summed E-state index contributed by atoms with van der Waals surface area (Å²) in [5, 5.41) is 0. The summed E-state index contributed by atoms with van der Waals surface area (Å²) in [5.74, 6) is 2.47. The van der Waals surface area contributed by atoms with Gasteiger partial charge in [0.05, 0.1) is 6.54 Å². The lowest BCUT2D eigenvalue weighted by Gasteiger charge is -2.34. The molecule has 1 aromatic heterocycles. The van der Waals surface area contributed by atoms with Gasteiger partial charge in [-0.2, -0.15) is 0 Å². The zero-order valence-corrected chi connectivity index (χ0v) is 22.7. The number of carbonyl (C=O) groups is 2. The second-order valence-corrected chi connectivity index (χ2v) is 10.8. The number of amides is 2. The van der Waals surface area contributed by atoms with E-state index in [-0.39, 0.29) is 25.2 Å². The van der Waals surface area contributed by atoms with Gasteiger partial charge in [0.15, 0.2) is 11.5 Å². The molecule has 0 aliphatic carbocycles. The largest absolute Gasteiger partial charge is 0.491 e. The van der Waals surface area contributed by atoms with Gasteiger partial charge >= 0.3 is 0 Å². The van der Waals surface area contributed by atoms with Crippen LogP contribution in [0.2, 0.25) is 0 Å². The zero-order valence-electron chi connectivity index (χ0n) is 22.7. The van der Waals surface area contributed by atoms with Gasteiger partial charge in [-0.05, 0) is 41.5 Å². The molecule has 1 spiro atoms. The van der Waals surface area contributed by atoms with Gasteiger partial charge in [0.2, 0.25) is 18.6 Å². The number of ether oxygens (including phenoxy) is 3. The maximum Gasteiger partial charge on any atom is 0.253 e. The first-order valence-electron chi connectivity index (χ1n) is 14.0. The zero-order chi connectivity index (χ0) is 28.3. The lowest BCUT2D eigenvalue weighted by atomic mass is 9.77. The van der Waals surface area contributed by atoms with Crippen molar-refractivity contribution >= 4 is 23.5 Å². The van der Waals surface area contributed by atoms with Crippen LogP contribution in [0.1, 0.15) is 27.0 Å². The van der Waals surface area contributed by atoms with Crippen molar-refractivity contribution in [2.24, 2.45) is 0 Å². The van der Waals surface area contributed by atoms with E-state index in [1.165, 1.54) is 0 Å². The molecule has 0 radical (unpaired) electrons. The van der Waals surface area contributed by atoms with E-state index < -0.39 is 5.41 Å². The van der Waals surface area contributed by atoms with E-state index in [1.807, 2.05) is 65.6 Å². The SMILES string of the molecule is O=C(c1cccc(CN2C(=O)C3(COc4cc5c(cc43)OCO5)c3ccccc32)c1)N1CCN(c2ncccn2)CC1. The molecule has 0 N–H and O–H groups in total. The molecule has 1 atom stereocenters. The summed E-state index contributed by atoms with van der Waals surface area (Å²) in [5.41, 5.74) is 3.04. The van der Waals surface area contributed by atoms with Crippen molar-refractivity contribution in [3.05, 3.63) is 101 Å². The average molecular weight is 562 g/mol. The molecule has 0 saturated carbocycles. The maximum atomic E-state index is 14.4. The number of carbonyl (C=O) groups excluding carboxylic acids is 2. The fraction of sp³-hybridized carbons (Fsp3) is 0.250. The van der Waals surface area contributed by atoms with Crippen molar-refractivity contribution in [1.29, 1.82) is 0 Å². The van der Waals surface area contributed by atoms with E-state index >= 15 is 0 Å². The highest BCUT2D eigenvalue weighted by atomic mass is 16.7. The second kappa shape index (κ2) is 9.47. The van der Waals surface area contributed by atoms with E-state index in [9.17, 15) is 9.59 Å². The smallest absolute Gasteiger partial charge is 0.253 e. The molecule has 210 valence electrons. The molecular weight excluding hydrogens is 534 g/mol. The number of hydrogen-bond donors (Lipinski definition) is 0. The first-order chi connectivity index (χ1) is 20.6. The number of aromatic nitrogens is 2. The fourth-order valence-corrected chi connectivity index (χ4v) is 6.45. The van der Waals surface area contributed by atoms with Crippen molar-refractivity contribution in [3.8, 4) is 17.2 Å². The van der Waals surface area contributed by atoms with Gasteiger partial charge in [0.25, 0.3) is 5.91 Å². The van der Waals surface area contributed by atoms with Crippen molar-refractivity contribution < 1.29 is 23.8 Å². The summed E-state index contributed by atoms with van der Waals surface area (Å²) in [6, 6.07) is 20.9. The van der Waals surface area contributed by atoms with Gasteiger partial charge in [0.1, 0.15) is 17.8 Å². The predicted octanol–water partition coefficient (Wildman–Crippen LogP) is 3.39. The number of hydrogen-bond acceptors (Lipinski definition) is 8. The predicted molar refractivity (Wildman–Crippen MR) is 153 cm³/mol. The quantitative estimate of drug-likeness (QED) is 0.374. The van der Waals surface area contributed by atoms with Crippen LogP contribution in [0, 0.1) is 0 Å². The summed E-state index contributed by atoms with van der Waals surface area (Å²) in [4.78, 5) is 42.2. The number of piperazine rings is 1. The Labute approximate surface area is 242 Å².